The summed E-state index contributed by atoms with van der Waals surface area (Å²) in [6.07, 6.45) is 2.57. The number of unbranched alkanes of at least 4 members (excludes halogenated alkanes) is 1. The molecule has 1 unspecified atom stereocenters. The van der Waals surface area contributed by atoms with Crippen LogP contribution < -0.4 is 5.32 Å². The molecule has 0 aliphatic heterocycles. The van der Waals surface area contributed by atoms with E-state index in [0.29, 0.717) is 18.8 Å². The minimum atomic E-state index is -1.01. The van der Waals surface area contributed by atoms with E-state index in [1.54, 1.807) is 0 Å². The average Bonchev–Trinajstić information content (AvgIpc) is 2.26. The monoisotopic (exact) mass is 249 g/mol. The van der Waals surface area contributed by atoms with Crippen molar-refractivity contribution in [3.63, 3.8) is 0 Å². The standard InChI is InChI=1S/C10H19NO4S/c1-2-3-4-15-5-6-16-7-9(10(13)14)11-8-12/h8-9H,2-7H2,1H3,(H,11,12)(H,13,14). The van der Waals surface area contributed by atoms with E-state index in [2.05, 4.69) is 12.2 Å². The van der Waals surface area contributed by atoms with Crippen molar-refractivity contribution in [2.24, 2.45) is 0 Å². The molecule has 0 rings (SSSR count). The zero-order valence-electron chi connectivity index (χ0n) is 9.48. The van der Waals surface area contributed by atoms with Crippen molar-refractivity contribution >= 4 is 24.1 Å². The fourth-order valence-corrected chi connectivity index (χ4v) is 1.82. The minimum Gasteiger partial charge on any atom is -0.480 e. The maximum Gasteiger partial charge on any atom is 0.327 e. The molecule has 94 valence electrons. The molecule has 0 aliphatic carbocycles. The van der Waals surface area contributed by atoms with Crippen LogP contribution in [0.2, 0.25) is 0 Å². The van der Waals surface area contributed by atoms with Crippen molar-refractivity contribution in [3.05, 3.63) is 0 Å². The van der Waals surface area contributed by atoms with E-state index in [0.717, 1.165) is 25.2 Å². The van der Waals surface area contributed by atoms with E-state index in [1.165, 1.54) is 11.8 Å². The van der Waals surface area contributed by atoms with Crippen molar-refractivity contribution < 1.29 is 19.4 Å². The lowest BCUT2D eigenvalue weighted by atomic mass is 10.3. The molecule has 16 heavy (non-hydrogen) atoms. The maximum absolute atomic E-state index is 10.6. The summed E-state index contributed by atoms with van der Waals surface area (Å²) in [6, 6.07) is -0.807. The zero-order chi connectivity index (χ0) is 12.2. The molecule has 0 aromatic rings. The second-order valence-electron chi connectivity index (χ2n) is 3.22. The number of hydrogen-bond acceptors (Lipinski definition) is 4. The van der Waals surface area contributed by atoms with Gasteiger partial charge in [-0.25, -0.2) is 4.79 Å². The van der Waals surface area contributed by atoms with Crippen molar-refractivity contribution in [1.82, 2.24) is 5.32 Å². The third-order valence-corrected chi connectivity index (χ3v) is 2.89. The Hall–Kier alpha value is -0.750. The Bertz CT molecular complexity index is 201. The molecule has 0 aliphatic rings. The van der Waals surface area contributed by atoms with Crippen molar-refractivity contribution in [3.8, 4) is 0 Å². The van der Waals surface area contributed by atoms with Gasteiger partial charge >= 0.3 is 5.97 Å². The summed E-state index contributed by atoms with van der Waals surface area (Å²) < 4.78 is 5.32. The Kier molecular flexibility index (Phi) is 10.3. The fraction of sp³-hybridized carbons (Fsp3) is 0.800. The van der Waals surface area contributed by atoms with E-state index < -0.39 is 12.0 Å². The van der Waals surface area contributed by atoms with Gasteiger partial charge in [-0.1, -0.05) is 13.3 Å². The van der Waals surface area contributed by atoms with Gasteiger partial charge in [-0.05, 0) is 6.42 Å². The normalized spacial score (nSPS) is 12.1. The Balaban J connectivity index is 3.40. The molecule has 0 fully saturated rings. The van der Waals surface area contributed by atoms with Gasteiger partial charge in [-0.15, -0.1) is 0 Å². The quantitative estimate of drug-likeness (QED) is 0.417. The molecule has 6 heteroatoms. The summed E-state index contributed by atoms with van der Waals surface area (Å²) >= 11 is 1.46. The number of amides is 1. The number of thioether (sulfide) groups is 1. The predicted molar refractivity (Wildman–Crippen MR) is 63.7 cm³/mol. The van der Waals surface area contributed by atoms with Gasteiger partial charge in [0.05, 0.1) is 6.61 Å². The number of aliphatic carboxylic acids is 1. The number of carboxylic acid groups (broad SMARTS) is 1. The van der Waals surface area contributed by atoms with E-state index in [9.17, 15) is 9.59 Å². The van der Waals surface area contributed by atoms with Gasteiger partial charge in [0, 0.05) is 18.1 Å². The van der Waals surface area contributed by atoms with E-state index in [-0.39, 0.29) is 0 Å². The van der Waals surface area contributed by atoms with Crippen LogP contribution in [-0.4, -0.2) is 48.2 Å². The summed E-state index contributed by atoms with van der Waals surface area (Å²) in [7, 11) is 0. The summed E-state index contributed by atoms with van der Waals surface area (Å²) in [5.74, 6) is 0.102. The van der Waals surface area contributed by atoms with Crippen LogP contribution in [0.4, 0.5) is 0 Å². The Morgan fingerprint density at radius 1 is 1.56 bits per heavy atom. The Morgan fingerprint density at radius 2 is 2.31 bits per heavy atom. The van der Waals surface area contributed by atoms with Gasteiger partial charge in [0.15, 0.2) is 0 Å². The molecule has 0 spiro atoms. The number of hydrogen-bond donors (Lipinski definition) is 2. The average molecular weight is 249 g/mol. The molecule has 1 atom stereocenters. The van der Waals surface area contributed by atoms with Crippen LogP contribution in [0.5, 0.6) is 0 Å². The van der Waals surface area contributed by atoms with Crippen LogP contribution in [0, 0.1) is 0 Å². The third kappa shape index (κ3) is 8.55. The van der Waals surface area contributed by atoms with E-state index >= 15 is 0 Å². The molecule has 0 radical (unpaired) electrons. The molecule has 0 aromatic carbocycles. The van der Waals surface area contributed by atoms with Gasteiger partial charge in [0.2, 0.25) is 6.41 Å². The lowest BCUT2D eigenvalue weighted by molar-refractivity contribution is -0.139. The number of rotatable bonds is 11. The molecular weight excluding hydrogens is 230 g/mol. The highest BCUT2D eigenvalue weighted by Gasteiger charge is 2.15. The summed E-state index contributed by atoms with van der Waals surface area (Å²) in [5.41, 5.74) is 0. The fourth-order valence-electron chi connectivity index (χ4n) is 0.940. The zero-order valence-corrected chi connectivity index (χ0v) is 10.3. The molecule has 0 saturated heterocycles. The number of nitrogens with one attached hydrogen (secondary N) is 1. The van der Waals surface area contributed by atoms with Crippen molar-refractivity contribution in [2.45, 2.75) is 25.8 Å². The molecule has 0 bridgehead atoms. The van der Waals surface area contributed by atoms with E-state index in [1.807, 2.05) is 0 Å². The summed E-state index contributed by atoms with van der Waals surface area (Å²) in [4.78, 5) is 20.7. The number of carboxylic acids is 1. The topological polar surface area (TPSA) is 75.6 Å². The van der Waals surface area contributed by atoms with Crippen LogP contribution in [0.25, 0.3) is 0 Å². The van der Waals surface area contributed by atoms with Crippen molar-refractivity contribution in [1.29, 1.82) is 0 Å². The van der Waals surface area contributed by atoms with E-state index in [4.69, 9.17) is 9.84 Å². The number of ether oxygens (including phenoxy) is 1. The summed E-state index contributed by atoms with van der Waals surface area (Å²) in [6.45, 7) is 3.48. The Labute approximate surface area is 99.9 Å². The second kappa shape index (κ2) is 10.8. The molecule has 0 heterocycles. The highest BCUT2D eigenvalue weighted by atomic mass is 32.2. The first-order chi connectivity index (χ1) is 7.72. The molecular formula is C10H19NO4S. The highest BCUT2D eigenvalue weighted by molar-refractivity contribution is 7.99. The van der Waals surface area contributed by atoms with Crippen LogP contribution in [-0.2, 0) is 14.3 Å². The first-order valence-corrected chi connectivity index (χ1v) is 6.45. The molecule has 0 aromatic heterocycles. The van der Waals surface area contributed by atoms with Gasteiger partial charge in [0.25, 0.3) is 0 Å². The van der Waals surface area contributed by atoms with Gasteiger partial charge in [0.1, 0.15) is 6.04 Å². The molecule has 5 nitrogen and oxygen atoms in total. The minimum absolute atomic E-state index is 0.366. The Morgan fingerprint density at radius 3 is 2.88 bits per heavy atom. The molecule has 1 amide bonds. The maximum atomic E-state index is 10.6. The van der Waals surface area contributed by atoms with Crippen LogP contribution in [0.1, 0.15) is 19.8 Å². The lowest BCUT2D eigenvalue weighted by Gasteiger charge is -2.10. The number of carbonyl (C=O) groups excluding carboxylic acids is 1. The van der Waals surface area contributed by atoms with Crippen LogP contribution in [0.15, 0.2) is 0 Å². The molecule has 0 saturated carbocycles. The smallest absolute Gasteiger partial charge is 0.327 e. The number of carbonyl (C=O) groups is 2. The van der Waals surface area contributed by atoms with Crippen LogP contribution >= 0.6 is 11.8 Å². The SMILES string of the molecule is CCCCOCCSCC(NC=O)C(=O)O. The second-order valence-corrected chi connectivity index (χ2v) is 4.37. The van der Waals surface area contributed by atoms with Gasteiger partial charge in [-0.2, -0.15) is 11.8 Å². The largest absolute Gasteiger partial charge is 0.480 e. The highest BCUT2D eigenvalue weighted by Crippen LogP contribution is 2.03. The lowest BCUT2D eigenvalue weighted by Crippen LogP contribution is -2.38. The van der Waals surface area contributed by atoms with Gasteiger partial charge in [-0.3, -0.25) is 4.79 Å². The summed E-state index contributed by atoms with van der Waals surface area (Å²) in [5, 5.41) is 11.0. The molecule has 2 N–H and O–H groups in total. The van der Waals surface area contributed by atoms with Gasteiger partial charge < -0.3 is 15.2 Å². The first-order valence-electron chi connectivity index (χ1n) is 5.30. The first kappa shape index (κ1) is 15.2. The predicted octanol–water partition coefficient (Wildman–Crippen LogP) is 0.735. The van der Waals surface area contributed by atoms with Crippen molar-refractivity contribution in [2.75, 3.05) is 24.7 Å². The third-order valence-electron chi connectivity index (χ3n) is 1.87. The van der Waals surface area contributed by atoms with Crippen LogP contribution in [0.3, 0.4) is 0 Å².